The molecule has 2 nitrogen and oxygen atoms in total. The second-order valence-electron chi connectivity index (χ2n) is 4.27. The molecule has 0 unspecified atom stereocenters. The van der Waals surface area contributed by atoms with Gasteiger partial charge in [0.05, 0.1) is 0 Å². The number of halogens is 1. The van der Waals surface area contributed by atoms with Crippen LogP contribution in [0.2, 0.25) is 0 Å². The average molecular weight is 257 g/mol. The Balaban J connectivity index is 2.16. The van der Waals surface area contributed by atoms with Gasteiger partial charge in [0, 0.05) is 29.8 Å². The minimum Gasteiger partial charge on any atom is -0.380 e. The maximum absolute atomic E-state index is 13.5. The summed E-state index contributed by atoms with van der Waals surface area (Å²) in [4.78, 5) is 11.8. The highest BCUT2D eigenvalue weighted by atomic mass is 19.1. The third-order valence-electron chi connectivity index (χ3n) is 2.98. The van der Waals surface area contributed by atoms with Crippen LogP contribution in [-0.2, 0) is 6.54 Å². The SMILES string of the molecule is CCC(=O)c1ccccc1NCc1ccccc1F. The molecule has 2 rings (SSSR count). The average Bonchev–Trinajstić information content (AvgIpc) is 2.46. The molecule has 0 aliphatic rings. The van der Waals surface area contributed by atoms with Gasteiger partial charge in [-0.25, -0.2) is 4.39 Å². The smallest absolute Gasteiger partial charge is 0.164 e. The zero-order valence-corrected chi connectivity index (χ0v) is 10.8. The number of hydrogen-bond donors (Lipinski definition) is 1. The summed E-state index contributed by atoms with van der Waals surface area (Å²) >= 11 is 0. The number of benzene rings is 2. The Morgan fingerprint density at radius 2 is 1.79 bits per heavy atom. The topological polar surface area (TPSA) is 29.1 Å². The largest absolute Gasteiger partial charge is 0.380 e. The summed E-state index contributed by atoms with van der Waals surface area (Å²) in [6, 6.07) is 13.9. The summed E-state index contributed by atoms with van der Waals surface area (Å²) in [7, 11) is 0. The van der Waals surface area contributed by atoms with E-state index in [0.717, 1.165) is 5.69 Å². The number of nitrogens with one attached hydrogen (secondary N) is 1. The van der Waals surface area contributed by atoms with Crippen molar-refractivity contribution in [1.82, 2.24) is 0 Å². The molecule has 3 heteroatoms. The minimum atomic E-state index is -0.241. The van der Waals surface area contributed by atoms with Crippen molar-refractivity contribution in [1.29, 1.82) is 0 Å². The number of anilines is 1. The Morgan fingerprint density at radius 3 is 2.53 bits per heavy atom. The molecule has 1 N–H and O–H groups in total. The van der Waals surface area contributed by atoms with Gasteiger partial charge >= 0.3 is 0 Å². The molecule has 0 spiro atoms. The number of Topliss-reactive ketones (excluding diaryl/α,β-unsaturated/α-hetero) is 1. The molecule has 0 fully saturated rings. The van der Waals surface area contributed by atoms with Crippen LogP contribution in [-0.4, -0.2) is 5.78 Å². The van der Waals surface area contributed by atoms with Crippen LogP contribution in [0.3, 0.4) is 0 Å². The number of carbonyl (C=O) groups excluding carboxylic acids is 1. The highest BCUT2D eigenvalue weighted by Crippen LogP contribution is 2.18. The van der Waals surface area contributed by atoms with Crippen molar-refractivity contribution in [2.75, 3.05) is 5.32 Å². The second kappa shape index (κ2) is 6.14. The van der Waals surface area contributed by atoms with E-state index >= 15 is 0 Å². The monoisotopic (exact) mass is 257 g/mol. The fourth-order valence-electron chi connectivity index (χ4n) is 1.90. The first-order chi connectivity index (χ1) is 9.22. The summed E-state index contributed by atoms with van der Waals surface area (Å²) in [5.74, 6) is -0.161. The fraction of sp³-hybridized carbons (Fsp3) is 0.188. The first-order valence-electron chi connectivity index (χ1n) is 6.32. The van der Waals surface area contributed by atoms with Crippen LogP contribution in [0.25, 0.3) is 0 Å². The summed E-state index contributed by atoms with van der Waals surface area (Å²) in [5.41, 5.74) is 1.99. The van der Waals surface area contributed by atoms with E-state index in [2.05, 4.69) is 5.32 Å². The van der Waals surface area contributed by atoms with Crippen LogP contribution in [0.5, 0.6) is 0 Å². The van der Waals surface area contributed by atoms with E-state index in [-0.39, 0.29) is 11.6 Å². The summed E-state index contributed by atoms with van der Waals surface area (Å²) in [6.07, 6.45) is 0.457. The Kier molecular flexibility index (Phi) is 4.29. The van der Waals surface area contributed by atoms with E-state index in [4.69, 9.17) is 0 Å². The van der Waals surface area contributed by atoms with Crippen LogP contribution in [0.15, 0.2) is 48.5 Å². The van der Waals surface area contributed by atoms with Gasteiger partial charge < -0.3 is 5.32 Å². The normalized spacial score (nSPS) is 10.2. The Labute approximate surface area is 112 Å². The van der Waals surface area contributed by atoms with E-state index < -0.39 is 0 Å². The number of hydrogen-bond acceptors (Lipinski definition) is 2. The van der Waals surface area contributed by atoms with Crippen LogP contribution in [0.4, 0.5) is 10.1 Å². The van der Waals surface area contributed by atoms with Gasteiger partial charge in [-0.15, -0.1) is 0 Å². The van der Waals surface area contributed by atoms with Gasteiger partial charge in [-0.3, -0.25) is 4.79 Å². The number of rotatable bonds is 5. The fourth-order valence-corrected chi connectivity index (χ4v) is 1.90. The van der Waals surface area contributed by atoms with Crippen molar-refractivity contribution in [2.45, 2.75) is 19.9 Å². The summed E-state index contributed by atoms with van der Waals surface area (Å²) in [5, 5.41) is 3.12. The van der Waals surface area contributed by atoms with Gasteiger partial charge in [-0.2, -0.15) is 0 Å². The number of ketones is 1. The van der Waals surface area contributed by atoms with E-state index in [1.54, 1.807) is 24.3 Å². The molecule has 0 atom stereocenters. The molecule has 0 aliphatic heterocycles. The quantitative estimate of drug-likeness (QED) is 0.819. The summed E-state index contributed by atoms with van der Waals surface area (Å²) in [6.45, 7) is 2.19. The van der Waals surface area contributed by atoms with Crippen molar-refractivity contribution in [3.05, 3.63) is 65.5 Å². The lowest BCUT2D eigenvalue weighted by Gasteiger charge is -2.11. The predicted octanol–water partition coefficient (Wildman–Crippen LogP) is 4.03. The van der Waals surface area contributed by atoms with Crippen molar-refractivity contribution in [2.24, 2.45) is 0 Å². The van der Waals surface area contributed by atoms with E-state index in [1.165, 1.54) is 6.07 Å². The van der Waals surface area contributed by atoms with Gasteiger partial charge in [0.15, 0.2) is 5.78 Å². The maximum atomic E-state index is 13.5. The molecule has 0 saturated heterocycles. The van der Waals surface area contributed by atoms with Gasteiger partial charge in [0.2, 0.25) is 0 Å². The molecule has 98 valence electrons. The van der Waals surface area contributed by atoms with Crippen molar-refractivity contribution in [3.8, 4) is 0 Å². The molecule has 0 heterocycles. The number of para-hydroxylation sites is 1. The molecule has 0 bridgehead atoms. The lowest BCUT2D eigenvalue weighted by atomic mass is 10.1. The minimum absolute atomic E-state index is 0.0802. The molecular weight excluding hydrogens is 241 g/mol. The molecule has 0 aromatic heterocycles. The molecule has 0 saturated carbocycles. The van der Waals surface area contributed by atoms with Gasteiger partial charge in [-0.1, -0.05) is 37.3 Å². The molecule has 2 aromatic rings. The lowest BCUT2D eigenvalue weighted by Crippen LogP contribution is -2.07. The van der Waals surface area contributed by atoms with Crippen molar-refractivity contribution in [3.63, 3.8) is 0 Å². The molecule has 2 aromatic carbocycles. The first kappa shape index (κ1) is 13.3. The van der Waals surface area contributed by atoms with Gasteiger partial charge in [-0.05, 0) is 18.2 Å². The first-order valence-corrected chi connectivity index (χ1v) is 6.32. The third kappa shape index (κ3) is 3.19. The lowest BCUT2D eigenvalue weighted by molar-refractivity contribution is 0.0989. The van der Waals surface area contributed by atoms with E-state index in [0.29, 0.717) is 24.1 Å². The van der Waals surface area contributed by atoms with Crippen LogP contribution in [0.1, 0.15) is 29.3 Å². The Bertz CT molecular complexity index is 580. The summed E-state index contributed by atoms with van der Waals surface area (Å²) < 4.78 is 13.5. The molecule has 0 radical (unpaired) electrons. The molecule has 0 amide bonds. The number of carbonyl (C=O) groups is 1. The van der Waals surface area contributed by atoms with E-state index in [1.807, 2.05) is 25.1 Å². The van der Waals surface area contributed by atoms with Crippen molar-refractivity contribution >= 4 is 11.5 Å². The van der Waals surface area contributed by atoms with Crippen LogP contribution >= 0.6 is 0 Å². The zero-order chi connectivity index (χ0) is 13.7. The van der Waals surface area contributed by atoms with E-state index in [9.17, 15) is 9.18 Å². The van der Waals surface area contributed by atoms with Gasteiger partial charge in [0.1, 0.15) is 5.82 Å². The second-order valence-corrected chi connectivity index (χ2v) is 4.27. The molecule has 19 heavy (non-hydrogen) atoms. The highest BCUT2D eigenvalue weighted by Gasteiger charge is 2.09. The molecular formula is C16H16FNO. The zero-order valence-electron chi connectivity index (χ0n) is 10.8. The van der Waals surface area contributed by atoms with Crippen LogP contribution < -0.4 is 5.32 Å². The molecule has 0 aliphatic carbocycles. The third-order valence-corrected chi connectivity index (χ3v) is 2.98. The Morgan fingerprint density at radius 1 is 1.11 bits per heavy atom. The van der Waals surface area contributed by atoms with Crippen molar-refractivity contribution < 1.29 is 9.18 Å². The predicted molar refractivity (Wildman–Crippen MR) is 74.8 cm³/mol. The highest BCUT2D eigenvalue weighted by molar-refractivity contribution is 6.00. The maximum Gasteiger partial charge on any atom is 0.164 e. The van der Waals surface area contributed by atoms with Crippen LogP contribution in [0, 0.1) is 5.82 Å². The Hall–Kier alpha value is -2.16. The van der Waals surface area contributed by atoms with Gasteiger partial charge in [0.25, 0.3) is 0 Å². The standard InChI is InChI=1S/C16H16FNO/c1-2-16(19)13-8-4-6-10-15(13)18-11-12-7-3-5-9-14(12)17/h3-10,18H,2,11H2,1H3.